The molecule has 2 saturated carbocycles. The van der Waals surface area contributed by atoms with Gasteiger partial charge < -0.3 is 20.2 Å². The zero-order chi connectivity index (χ0) is 23.0. The Morgan fingerprint density at radius 2 is 1.52 bits per heavy atom. The summed E-state index contributed by atoms with van der Waals surface area (Å²) in [5, 5.41) is 13.3. The molecule has 0 unspecified atom stereocenters. The molecule has 0 aromatic heterocycles. The predicted octanol–water partition coefficient (Wildman–Crippen LogP) is 2.45. The highest BCUT2D eigenvalue weighted by molar-refractivity contribution is 5.97. The van der Waals surface area contributed by atoms with Crippen molar-refractivity contribution < 1.29 is 19.5 Å². The van der Waals surface area contributed by atoms with E-state index in [1.54, 1.807) is 9.80 Å². The Kier molecular flexibility index (Phi) is 5.66. The second-order valence-corrected chi connectivity index (χ2v) is 9.38. The molecule has 0 spiro atoms. The molecular formula is C26H29N3O4. The van der Waals surface area contributed by atoms with Gasteiger partial charge in [0.2, 0.25) is 0 Å². The minimum Gasteiger partial charge on any atom is -0.380 e. The van der Waals surface area contributed by atoms with E-state index in [2.05, 4.69) is 5.32 Å². The Labute approximate surface area is 193 Å². The highest BCUT2D eigenvalue weighted by Crippen LogP contribution is 2.33. The number of amides is 3. The molecule has 2 N–H and O–H groups in total. The van der Waals surface area contributed by atoms with E-state index >= 15 is 0 Å². The molecule has 172 valence electrons. The number of carbonyl (C=O) groups is 3. The van der Waals surface area contributed by atoms with Crippen molar-refractivity contribution in [1.82, 2.24) is 15.1 Å². The number of piperazine rings is 1. The largest absolute Gasteiger partial charge is 0.380 e. The first-order valence-corrected chi connectivity index (χ1v) is 11.8. The fourth-order valence-electron chi connectivity index (χ4n) is 4.46. The van der Waals surface area contributed by atoms with Gasteiger partial charge in [-0.15, -0.1) is 0 Å². The van der Waals surface area contributed by atoms with Crippen molar-refractivity contribution in [2.45, 2.75) is 43.7 Å². The van der Waals surface area contributed by atoms with Gasteiger partial charge in [0.25, 0.3) is 17.7 Å². The highest BCUT2D eigenvalue weighted by atomic mass is 16.3. The van der Waals surface area contributed by atoms with Crippen LogP contribution in [0.3, 0.4) is 0 Å². The van der Waals surface area contributed by atoms with Gasteiger partial charge in [0.1, 0.15) is 5.60 Å². The van der Waals surface area contributed by atoms with Crippen LogP contribution < -0.4 is 5.32 Å². The molecule has 3 aliphatic rings. The van der Waals surface area contributed by atoms with Gasteiger partial charge in [0.15, 0.2) is 0 Å². The average Bonchev–Trinajstić information content (AvgIpc) is 3.66. The van der Waals surface area contributed by atoms with Crippen LogP contribution in [-0.4, -0.2) is 70.4 Å². The number of hydrogen-bond acceptors (Lipinski definition) is 4. The van der Waals surface area contributed by atoms with E-state index < -0.39 is 5.60 Å². The normalized spacial score (nSPS) is 19.5. The first-order chi connectivity index (χ1) is 15.9. The van der Waals surface area contributed by atoms with Gasteiger partial charge in [0, 0.05) is 43.3 Å². The summed E-state index contributed by atoms with van der Waals surface area (Å²) in [7, 11) is 0. The third-order valence-electron chi connectivity index (χ3n) is 6.94. The Morgan fingerprint density at radius 3 is 2.12 bits per heavy atom. The lowest BCUT2D eigenvalue weighted by Crippen LogP contribution is -2.58. The summed E-state index contributed by atoms with van der Waals surface area (Å²) in [6.07, 6.45) is 4.05. The second kappa shape index (κ2) is 8.63. The average molecular weight is 448 g/mol. The van der Waals surface area contributed by atoms with Crippen LogP contribution in [0.15, 0.2) is 48.5 Å². The molecule has 3 amide bonds. The van der Waals surface area contributed by atoms with Crippen molar-refractivity contribution in [2.75, 3.05) is 26.2 Å². The lowest BCUT2D eigenvalue weighted by atomic mass is 9.79. The fraction of sp³-hybridized carbons (Fsp3) is 0.423. The first kappa shape index (κ1) is 21.6. The summed E-state index contributed by atoms with van der Waals surface area (Å²) >= 11 is 0. The third kappa shape index (κ3) is 4.50. The standard InChI is InChI=1S/C26H29N3O4/c30-23(27-22-9-10-22)21-4-1-3-20(17-21)18-5-7-19(8-6-18)24(31)28-13-15-29(16-14-28)25(32)26(33)11-2-12-26/h1,3-8,17,22,33H,2,9-16H2,(H,27,30). The van der Waals surface area contributed by atoms with E-state index in [0.717, 1.165) is 30.4 Å². The van der Waals surface area contributed by atoms with Gasteiger partial charge in [-0.05, 0) is 67.5 Å². The van der Waals surface area contributed by atoms with Gasteiger partial charge >= 0.3 is 0 Å². The quantitative estimate of drug-likeness (QED) is 0.737. The fourth-order valence-corrected chi connectivity index (χ4v) is 4.46. The minimum atomic E-state index is -1.18. The van der Waals surface area contributed by atoms with E-state index in [1.807, 2.05) is 48.5 Å². The maximum absolute atomic E-state index is 13.0. The Bertz CT molecular complexity index is 1070. The SMILES string of the molecule is O=C(NC1CC1)c1cccc(-c2ccc(C(=O)N3CCN(C(=O)C4(O)CCC4)CC3)cc2)c1. The topological polar surface area (TPSA) is 90.0 Å². The van der Waals surface area contributed by atoms with Gasteiger partial charge in [-0.25, -0.2) is 0 Å². The van der Waals surface area contributed by atoms with Crippen LogP contribution in [-0.2, 0) is 4.79 Å². The number of aliphatic hydroxyl groups is 1. The number of hydrogen-bond donors (Lipinski definition) is 2. The molecule has 0 bridgehead atoms. The summed E-state index contributed by atoms with van der Waals surface area (Å²) in [6, 6.07) is 15.2. The van der Waals surface area contributed by atoms with Crippen LogP contribution in [0.25, 0.3) is 11.1 Å². The predicted molar refractivity (Wildman–Crippen MR) is 124 cm³/mol. The van der Waals surface area contributed by atoms with Crippen molar-refractivity contribution in [1.29, 1.82) is 0 Å². The van der Waals surface area contributed by atoms with E-state index in [9.17, 15) is 19.5 Å². The summed E-state index contributed by atoms with van der Waals surface area (Å²) in [6.45, 7) is 1.81. The van der Waals surface area contributed by atoms with Crippen LogP contribution in [0.4, 0.5) is 0 Å². The van der Waals surface area contributed by atoms with Crippen LogP contribution >= 0.6 is 0 Å². The molecule has 2 aromatic rings. The molecule has 33 heavy (non-hydrogen) atoms. The Morgan fingerprint density at radius 1 is 0.848 bits per heavy atom. The highest BCUT2D eigenvalue weighted by Gasteiger charge is 2.45. The zero-order valence-corrected chi connectivity index (χ0v) is 18.6. The molecule has 0 radical (unpaired) electrons. The van der Waals surface area contributed by atoms with Crippen LogP contribution in [0, 0.1) is 0 Å². The number of rotatable bonds is 5. The summed E-state index contributed by atoms with van der Waals surface area (Å²) in [5.74, 6) is -0.306. The Hall–Kier alpha value is -3.19. The molecule has 5 rings (SSSR count). The molecule has 1 heterocycles. The number of benzene rings is 2. The Balaban J connectivity index is 1.20. The lowest BCUT2D eigenvalue weighted by Gasteiger charge is -2.42. The second-order valence-electron chi connectivity index (χ2n) is 9.38. The van der Waals surface area contributed by atoms with Crippen LogP contribution in [0.2, 0.25) is 0 Å². The van der Waals surface area contributed by atoms with Crippen molar-refractivity contribution >= 4 is 17.7 Å². The monoisotopic (exact) mass is 447 g/mol. The number of nitrogens with zero attached hydrogens (tertiary/aromatic N) is 2. The maximum Gasteiger partial charge on any atom is 0.254 e. The summed E-state index contributed by atoms with van der Waals surface area (Å²) in [5.41, 5.74) is 1.92. The molecule has 7 heteroatoms. The molecule has 0 atom stereocenters. The van der Waals surface area contributed by atoms with E-state index in [1.165, 1.54) is 0 Å². The smallest absolute Gasteiger partial charge is 0.254 e. The molecule has 1 aliphatic heterocycles. The zero-order valence-electron chi connectivity index (χ0n) is 18.6. The van der Waals surface area contributed by atoms with E-state index in [0.29, 0.717) is 56.2 Å². The molecule has 2 aliphatic carbocycles. The van der Waals surface area contributed by atoms with Gasteiger partial charge in [-0.2, -0.15) is 0 Å². The minimum absolute atomic E-state index is 0.0480. The van der Waals surface area contributed by atoms with E-state index in [-0.39, 0.29) is 17.7 Å². The maximum atomic E-state index is 13.0. The summed E-state index contributed by atoms with van der Waals surface area (Å²) in [4.78, 5) is 41.2. The molecule has 2 aromatic carbocycles. The number of carbonyl (C=O) groups excluding carboxylic acids is 3. The van der Waals surface area contributed by atoms with Crippen molar-refractivity contribution in [3.05, 3.63) is 59.7 Å². The van der Waals surface area contributed by atoms with E-state index in [4.69, 9.17) is 0 Å². The van der Waals surface area contributed by atoms with Gasteiger partial charge in [-0.1, -0.05) is 24.3 Å². The summed E-state index contributed by atoms with van der Waals surface area (Å²) < 4.78 is 0. The number of nitrogens with one attached hydrogen (secondary N) is 1. The molecule has 7 nitrogen and oxygen atoms in total. The molecular weight excluding hydrogens is 418 g/mol. The molecule has 3 fully saturated rings. The van der Waals surface area contributed by atoms with Gasteiger partial charge in [0.05, 0.1) is 0 Å². The van der Waals surface area contributed by atoms with Crippen LogP contribution in [0.5, 0.6) is 0 Å². The third-order valence-corrected chi connectivity index (χ3v) is 6.94. The lowest BCUT2D eigenvalue weighted by molar-refractivity contribution is -0.161. The molecule has 1 saturated heterocycles. The van der Waals surface area contributed by atoms with Gasteiger partial charge in [-0.3, -0.25) is 14.4 Å². The van der Waals surface area contributed by atoms with Crippen molar-refractivity contribution in [3.8, 4) is 11.1 Å². The van der Waals surface area contributed by atoms with Crippen LogP contribution in [0.1, 0.15) is 52.8 Å². The van der Waals surface area contributed by atoms with Crippen molar-refractivity contribution in [2.24, 2.45) is 0 Å². The first-order valence-electron chi connectivity index (χ1n) is 11.8. The van der Waals surface area contributed by atoms with Crippen molar-refractivity contribution in [3.63, 3.8) is 0 Å².